The minimum Gasteiger partial charge on any atom is -0.466 e. The molecule has 0 aliphatic carbocycles. The third-order valence-electron chi connectivity index (χ3n) is 3.46. The van der Waals surface area contributed by atoms with Crippen molar-refractivity contribution in [1.82, 2.24) is 9.62 Å². The number of amides is 1. The fourth-order valence-electron chi connectivity index (χ4n) is 2.05. The van der Waals surface area contributed by atoms with Gasteiger partial charge in [-0.05, 0) is 37.6 Å². The molecule has 1 N–H and O–H groups in total. The van der Waals surface area contributed by atoms with E-state index in [-0.39, 0.29) is 30.9 Å². The van der Waals surface area contributed by atoms with Crippen LogP contribution in [0.5, 0.6) is 0 Å². The van der Waals surface area contributed by atoms with E-state index < -0.39 is 33.8 Å². The molecule has 7 nitrogen and oxygen atoms in total. The highest BCUT2D eigenvalue weighted by molar-refractivity contribution is 7.89. The minimum absolute atomic E-state index is 0.0250. The van der Waals surface area contributed by atoms with Crippen LogP contribution in [0, 0.1) is 5.82 Å². The molecule has 0 aliphatic rings. The Morgan fingerprint density at radius 2 is 1.84 bits per heavy atom. The van der Waals surface area contributed by atoms with Gasteiger partial charge in [-0.25, -0.2) is 12.8 Å². The highest BCUT2D eigenvalue weighted by Crippen LogP contribution is 2.12. The highest BCUT2D eigenvalue weighted by atomic mass is 32.2. The number of ether oxygens (including phenoxy) is 1. The maximum atomic E-state index is 12.9. The van der Waals surface area contributed by atoms with E-state index in [1.807, 2.05) is 0 Å². The Bertz CT molecular complexity index is 691. The first kappa shape index (κ1) is 21.0. The zero-order valence-electron chi connectivity index (χ0n) is 14.5. The summed E-state index contributed by atoms with van der Waals surface area (Å²) in [5.41, 5.74) is 0. The first-order valence-corrected chi connectivity index (χ1v) is 9.38. The van der Waals surface area contributed by atoms with Gasteiger partial charge in [0.05, 0.1) is 17.9 Å². The van der Waals surface area contributed by atoms with Crippen molar-refractivity contribution >= 4 is 21.9 Å². The number of nitrogens with zero attached hydrogens (tertiary/aromatic N) is 1. The molecule has 0 fully saturated rings. The van der Waals surface area contributed by atoms with Crippen LogP contribution in [0.4, 0.5) is 4.39 Å². The smallest absolute Gasteiger partial charge is 0.307 e. The molecule has 1 atom stereocenters. The summed E-state index contributed by atoms with van der Waals surface area (Å²) in [5, 5.41) is 0. The number of esters is 1. The molecule has 9 heteroatoms. The molecule has 1 aromatic rings. The van der Waals surface area contributed by atoms with E-state index in [2.05, 4.69) is 4.72 Å². The number of halogens is 1. The lowest BCUT2D eigenvalue weighted by Gasteiger charge is -2.23. The van der Waals surface area contributed by atoms with E-state index in [0.717, 1.165) is 24.3 Å². The summed E-state index contributed by atoms with van der Waals surface area (Å²) in [4.78, 5) is 24.9. The van der Waals surface area contributed by atoms with Gasteiger partial charge in [0.1, 0.15) is 11.9 Å². The molecule has 0 saturated heterocycles. The third-order valence-corrected chi connectivity index (χ3v) is 4.95. The monoisotopic (exact) mass is 374 g/mol. The van der Waals surface area contributed by atoms with Gasteiger partial charge in [-0.2, -0.15) is 4.72 Å². The van der Waals surface area contributed by atoms with Crippen molar-refractivity contribution in [2.75, 3.05) is 20.2 Å². The highest BCUT2D eigenvalue weighted by Gasteiger charge is 2.26. The fourth-order valence-corrected chi connectivity index (χ4v) is 3.32. The van der Waals surface area contributed by atoms with E-state index >= 15 is 0 Å². The van der Waals surface area contributed by atoms with Gasteiger partial charge in [0.15, 0.2) is 0 Å². The van der Waals surface area contributed by atoms with Crippen molar-refractivity contribution in [3.63, 3.8) is 0 Å². The number of benzene rings is 1. The average molecular weight is 374 g/mol. The molecule has 25 heavy (non-hydrogen) atoms. The van der Waals surface area contributed by atoms with Crippen LogP contribution >= 0.6 is 0 Å². The van der Waals surface area contributed by atoms with Gasteiger partial charge in [0, 0.05) is 13.6 Å². The van der Waals surface area contributed by atoms with Gasteiger partial charge in [-0.15, -0.1) is 0 Å². The number of hydrogen-bond donors (Lipinski definition) is 1. The van der Waals surface area contributed by atoms with Crippen LogP contribution in [0.1, 0.15) is 26.7 Å². The topological polar surface area (TPSA) is 92.8 Å². The molecule has 0 bridgehead atoms. The lowest BCUT2D eigenvalue weighted by molar-refractivity contribution is -0.144. The zero-order chi connectivity index (χ0) is 19.0. The summed E-state index contributed by atoms with van der Waals surface area (Å²) in [6.07, 6.45) is 0.250. The maximum absolute atomic E-state index is 12.9. The number of sulfonamides is 1. The van der Waals surface area contributed by atoms with Gasteiger partial charge in [0.2, 0.25) is 15.9 Å². The van der Waals surface area contributed by atoms with Crippen molar-refractivity contribution in [3.05, 3.63) is 30.1 Å². The lowest BCUT2D eigenvalue weighted by atomic mass is 10.2. The van der Waals surface area contributed by atoms with Crippen LogP contribution in [0.15, 0.2) is 29.2 Å². The van der Waals surface area contributed by atoms with Gasteiger partial charge >= 0.3 is 5.97 Å². The van der Waals surface area contributed by atoms with E-state index in [4.69, 9.17) is 4.74 Å². The van der Waals surface area contributed by atoms with Crippen LogP contribution in [0.25, 0.3) is 0 Å². The lowest BCUT2D eigenvalue weighted by Crippen LogP contribution is -2.47. The summed E-state index contributed by atoms with van der Waals surface area (Å²) in [7, 11) is -2.48. The molecule has 0 heterocycles. The molecule has 140 valence electrons. The quantitative estimate of drug-likeness (QED) is 0.658. The number of hydrogen-bond acceptors (Lipinski definition) is 5. The molecular formula is C16H23FN2O5S. The van der Waals surface area contributed by atoms with Crippen molar-refractivity contribution in [2.45, 2.75) is 37.6 Å². The molecule has 1 amide bonds. The number of carbonyl (C=O) groups is 2. The first-order valence-electron chi connectivity index (χ1n) is 7.89. The normalized spacial score (nSPS) is 12.5. The van der Waals surface area contributed by atoms with Gasteiger partial charge in [-0.1, -0.05) is 6.92 Å². The van der Waals surface area contributed by atoms with Gasteiger partial charge in [-0.3, -0.25) is 9.59 Å². The van der Waals surface area contributed by atoms with Crippen LogP contribution in [0.2, 0.25) is 0 Å². The van der Waals surface area contributed by atoms with Gasteiger partial charge < -0.3 is 9.64 Å². The standard InChI is InChI=1S/C16H23FN2O5S/c1-4-14(16(21)19(3)11-10-15(20)24-5-2)18-25(22,23)13-8-6-12(17)7-9-13/h6-9,14,18H,4-5,10-11H2,1-3H3. The summed E-state index contributed by atoms with van der Waals surface area (Å²) in [5.74, 6) is -1.44. The largest absolute Gasteiger partial charge is 0.466 e. The molecule has 0 spiro atoms. The number of rotatable bonds is 9. The third kappa shape index (κ3) is 6.43. The predicted octanol–water partition coefficient (Wildman–Crippen LogP) is 1.29. The van der Waals surface area contributed by atoms with E-state index in [1.54, 1.807) is 13.8 Å². The van der Waals surface area contributed by atoms with Gasteiger partial charge in [0.25, 0.3) is 0 Å². The van der Waals surface area contributed by atoms with Crippen molar-refractivity contribution in [2.24, 2.45) is 0 Å². The zero-order valence-corrected chi connectivity index (χ0v) is 15.3. The minimum atomic E-state index is -3.96. The Hall–Kier alpha value is -2.00. The number of carbonyl (C=O) groups excluding carboxylic acids is 2. The molecule has 0 aromatic heterocycles. The summed E-state index contributed by atoms with van der Waals surface area (Å²) in [6, 6.07) is 3.33. The summed E-state index contributed by atoms with van der Waals surface area (Å²) >= 11 is 0. The van der Waals surface area contributed by atoms with Crippen molar-refractivity contribution < 1.29 is 27.1 Å². The summed E-state index contributed by atoms with van der Waals surface area (Å²) in [6.45, 7) is 3.72. The molecule has 0 saturated carbocycles. The first-order chi connectivity index (χ1) is 11.7. The maximum Gasteiger partial charge on any atom is 0.307 e. The average Bonchev–Trinajstić information content (AvgIpc) is 2.57. The second kappa shape index (κ2) is 9.47. The number of likely N-dealkylation sites (N-methyl/N-ethyl adjacent to an activating group) is 1. The second-order valence-electron chi connectivity index (χ2n) is 5.35. The second-order valence-corrected chi connectivity index (χ2v) is 7.06. The number of nitrogens with one attached hydrogen (secondary N) is 1. The molecule has 0 aliphatic heterocycles. The molecule has 0 radical (unpaired) electrons. The van der Waals surface area contributed by atoms with E-state index in [1.165, 1.54) is 11.9 Å². The molecular weight excluding hydrogens is 351 g/mol. The van der Waals surface area contributed by atoms with Crippen molar-refractivity contribution in [3.8, 4) is 0 Å². The predicted molar refractivity (Wildman–Crippen MR) is 89.7 cm³/mol. The van der Waals surface area contributed by atoms with Crippen LogP contribution < -0.4 is 4.72 Å². The van der Waals surface area contributed by atoms with Crippen LogP contribution in [-0.2, 0) is 24.3 Å². The Kier molecular flexibility index (Phi) is 7.98. The fraction of sp³-hybridized carbons (Fsp3) is 0.500. The SMILES string of the molecule is CCOC(=O)CCN(C)C(=O)C(CC)NS(=O)(=O)c1ccc(F)cc1. The Morgan fingerprint density at radius 3 is 2.36 bits per heavy atom. The van der Waals surface area contributed by atoms with E-state index in [0.29, 0.717) is 0 Å². The van der Waals surface area contributed by atoms with Crippen LogP contribution in [0.3, 0.4) is 0 Å². The molecule has 1 rings (SSSR count). The van der Waals surface area contributed by atoms with E-state index in [9.17, 15) is 22.4 Å². The summed E-state index contributed by atoms with van der Waals surface area (Å²) < 4.78 is 44.7. The molecule has 1 aromatic carbocycles. The Morgan fingerprint density at radius 1 is 1.24 bits per heavy atom. The van der Waals surface area contributed by atoms with Crippen LogP contribution in [-0.4, -0.2) is 51.4 Å². The van der Waals surface area contributed by atoms with Crippen molar-refractivity contribution in [1.29, 1.82) is 0 Å². The molecule has 1 unspecified atom stereocenters. The Balaban J connectivity index is 2.75. The Labute approximate surface area is 147 Å².